The van der Waals surface area contributed by atoms with Crippen LogP contribution < -0.4 is 5.32 Å². The van der Waals surface area contributed by atoms with Crippen LogP contribution in [0.3, 0.4) is 0 Å². The van der Waals surface area contributed by atoms with Gasteiger partial charge in [-0.1, -0.05) is 11.6 Å². The first-order valence-electron chi connectivity index (χ1n) is 6.22. The van der Waals surface area contributed by atoms with Gasteiger partial charge >= 0.3 is 0 Å². The zero-order chi connectivity index (χ0) is 14.1. The van der Waals surface area contributed by atoms with Crippen LogP contribution in [0.15, 0.2) is 30.6 Å². The molecule has 1 aromatic carbocycles. The van der Waals surface area contributed by atoms with E-state index < -0.39 is 5.82 Å². The third-order valence-corrected chi connectivity index (χ3v) is 3.41. The number of hydrogen-bond acceptors (Lipinski definition) is 3. The van der Waals surface area contributed by atoms with Crippen molar-refractivity contribution in [3.8, 4) is 0 Å². The summed E-state index contributed by atoms with van der Waals surface area (Å²) in [5.74, 6) is -0.396. The number of carbonyl (C=O) groups is 1. The monoisotopic (exact) mass is 291 g/mol. The Bertz CT molecular complexity index is 673. The van der Waals surface area contributed by atoms with Crippen molar-refractivity contribution in [1.82, 2.24) is 9.97 Å². The summed E-state index contributed by atoms with van der Waals surface area (Å²) in [5, 5.41) is 2.76. The van der Waals surface area contributed by atoms with E-state index >= 15 is 0 Å². The average molecular weight is 292 g/mol. The number of nitrogens with zero attached hydrogens (tertiary/aromatic N) is 2. The quantitative estimate of drug-likeness (QED) is 0.943. The molecule has 1 saturated carbocycles. The van der Waals surface area contributed by atoms with Crippen molar-refractivity contribution >= 4 is 23.2 Å². The van der Waals surface area contributed by atoms with Crippen molar-refractivity contribution < 1.29 is 9.18 Å². The molecule has 0 saturated heterocycles. The Morgan fingerprint density at radius 1 is 1.30 bits per heavy atom. The summed E-state index contributed by atoms with van der Waals surface area (Å²) < 4.78 is 12.9. The lowest BCUT2D eigenvalue weighted by molar-refractivity contribution is 0.102. The molecule has 2 aromatic rings. The van der Waals surface area contributed by atoms with Crippen molar-refractivity contribution in [3.63, 3.8) is 0 Å². The second-order valence-electron chi connectivity index (χ2n) is 4.68. The molecule has 4 nitrogen and oxygen atoms in total. The number of nitrogens with one attached hydrogen (secondary N) is 1. The van der Waals surface area contributed by atoms with Crippen molar-refractivity contribution in [2.24, 2.45) is 0 Å². The van der Waals surface area contributed by atoms with Crippen LogP contribution in [0, 0.1) is 5.82 Å². The molecule has 0 spiro atoms. The van der Waals surface area contributed by atoms with Gasteiger partial charge in [0.25, 0.3) is 5.91 Å². The maximum absolute atomic E-state index is 12.9. The molecule has 0 atom stereocenters. The molecule has 1 N–H and O–H groups in total. The summed E-state index contributed by atoms with van der Waals surface area (Å²) in [6.07, 6.45) is 3.58. The first kappa shape index (κ1) is 13.0. The minimum Gasteiger partial charge on any atom is -0.319 e. The molecule has 0 radical (unpaired) electrons. The lowest BCUT2D eigenvalue weighted by Gasteiger charge is -2.07. The molecule has 1 aliphatic carbocycles. The highest BCUT2D eigenvalue weighted by molar-refractivity contribution is 6.33. The topological polar surface area (TPSA) is 54.9 Å². The van der Waals surface area contributed by atoms with Crippen LogP contribution >= 0.6 is 11.6 Å². The van der Waals surface area contributed by atoms with Gasteiger partial charge in [-0.05, 0) is 37.1 Å². The van der Waals surface area contributed by atoms with Crippen LogP contribution in [0.4, 0.5) is 10.1 Å². The first-order valence-corrected chi connectivity index (χ1v) is 6.59. The van der Waals surface area contributed by atoms with Gasteiger partial charge in [-0.2, -0.15) is 0 Å². The number of rotatable bonds is 3. The van der Waals surface area contributed by atoms with E-state index in [1.54, 1.807) is 6.07 Å². The Balaban J connectivity index is 1.80. The molecule has 3 rings (SSSR count). The highest BCUT2D eigenvalue weighted by Crippen LogP contribution is 2.38. The van der Waals surface area contributed by atoms with Gasteiger partial charge in [0, 0.05) is 11.6 Å². The molecule has 1 aliphatic rings. The van der Waals surface area contributed by atoms with Gasteiger partial charge in [-0.15, -0.1) is 0 Å². The molecule has 1 aromatic heterocycles. The summed E-state index contributed by atoms with van der Waals surface area (Å²) in [6, 6.07) is 5.48. The third kappa shape index (κ3) is 2.77. The number of benzene rings is 1. The van der Waals surface area contributed by atoms with Gasteiger partial charge in [0.05, 0.1) is 10.7 Å². The van der Waals surface area contributed by atoms with E-state index in [1.807, 2.05) is 0 Å². The fraction of sp³-hybridized carbons (Fsp3) is 0.214. The van der Waals surface area contributed by atoms with Crippen molar-refractivity contribution in [3.05, 3.63) is 52.8 Å². The molecule has 20 heavy (non-hydrogen) atoms. The van der Waals surface area contributed by atoms with Gasteiger partial charge in [0.2, 0.25) is 0 Å². The van der Waals surface area contributed by atoms with E-state index in [-0.39, 0.29) is 16.6 Å². The smallest absolute Gasteiger partial charge is 0.274 e. The average Bonchev–Trinajstić information content (AvgIpc) is 3.26. The zero-order valence-electron chi connectivity index (χ0n) is 10.4. The molecule has 1 fully saturated rings. The predicted octanol–water partition coefficient (Wildman–Crippen LogP) is 3.40. The number of amides is 1. The Morgan fingerprint density at radius 3 is 2.80 bits per heavy atom. The van der Waals surface area contributed by atoms with Crippen LogP contribution in [0.1, 0.15) is 34.9 Å². The third-order valence-electron chi connectivity index (χ3n) is 3.10. The van der Waals surface area contributed by atoms with E-state index in [1.165, 1.54) is 18.5 Å². The number of halogens is 2. The van der Waals surface area contributed by atoms with E-state index in [4.69, 9.17) is 11.6 Å². The first-order chi connectivity index (χ1) is 9.63. The second kappa shape index (κ2) is 5.17. The standard InChI is InChI=1S/C14H11ClFN3O/c15-10-5-9(16)3-4-11(10)19-14(20)13-6-12(8-1-2-8)17-7-18-13/h3-8H,1-2H2,(H,19,20). The summed E-state index contributed by atoms with van der Waals surface area (Å²) in [7, 11) is 0. The summed E-state index contributed by atoms with van der Waals surface area (Å²) in [5.41, 5.74) is 1.52. The second-order valence-corrected chi connectivity index (χ2v) is 5.09. The van der Waals surface area contributed by atoms with Crippen LogP contribution in [-0.4, -0.2) is 15.9 Å². The molecule has 1 amide bonds. The summed E-state index contributed by atoms with van der Waals surface area (Å²) >= 11 is 5.87. The SMILES string of the molecule is O=C(Nc1ccc(F)cc1Cl)c1cc(C2CC2)ncn1. The van der Waals surface area contributed by atoms with Crippen molar-refractivity contribution in [2.75, 3.05) is 5.32 Å². The van der Waals surface area contributed by atoms with Gasteiger partial charge < -0.3 is 5.32 Å². The van der Waals surface area contributed by atoms with Crippen molar-refractivity contribution in [1.29, 1.82) is 0 Å². The maximum Gasteiger partial charge on any atom is 0.274 e. The van der Waals surface area contributed by atoms with Gasteiger partial charge in [0.1, 0.15) is 17.8 Å². The van der Waals surface area contributed by atoms with E-state index in [9.17, 15) is 9.18 Å². The van der Waals surface area contributed by atoms with E-state index in [2.05, 4.69) is 15.3 Å². The molecule has 0 aliphatic heterocycles. The fourth-order valence-electron chi connectivity index (χ4n) is 1.88. The van der Waals surface area contributed by atoms with Crippen LogP contribution in [0.5, 0.6) is 0 Å². The number of carbonyl (C=O) groups excluding carboxylic acids is 1. The van der Waals surface area contributed by atoms with Crippen LogP contribution in [0.2, 0.25) is 5.02 Å². The molecule has 0 bridgehead atoms. The molecule has 102 valence electrons. The molecule has 0 unspecified atom stereocenters. The van der Waals surface area contributed by atoms with Crippen molar-refractivity contribution in [2.45, 2.75) is 18.8 Å². The molecular formula is C14H11ClFN3O. The summed E-state index contributed by atoms with van der Waals surface area (Å²) in [4.78, 5) is 20.2. The molecule has 6 heteroatoms. The summed E-state index contributed by atoms with van der Waals surface area (Å²) in [6.45, 7) is 0. The zero-order valence-corrected chi connectivity index (χ0v) is 11.2. The Kier molecular flexibility index (Phi) is 3.36. The largest absolute Gasteiger partial charge is 0.319 e. The van der Waals surface area contributed by atoms with Crippen LogP contribution in [0.25, 0.3) is 0 Å². The van der Waals surface area contributed by atoms with E-state index in [0.29, 0.717) is 11.6 Å². The fourth-order valence-corrected chi connectivity index (χ4v) is 2.09. The maximum atomic E-state index is 12.9. The van der Waals surface area contributed by atoms with Gasteiger partial charge in [-0.25, -0.2) is 14.4 Å². The highest BCUT2D eigenvalue weighted by Gasteiger charge is 2.26. The lowest BCUT2D eigenvalue weighted by Crippen LogP contribution is -2.14. The minimum atomic E-state index is -0.453. The highest BCUT2D eigenvalue weighted by atomic mass is 35.5. The number of anilines is 1. The Labute approximate surface area is 120 Å². The predicted molar refractivity (Wildman–Crippen MR) is 73.4 cm³/mol. The number of aromatic nitrogens is 2. The normalized spacial score (nSPS) is 14.1. The van der Waals surface area contributed by atoms with Gasteiger partial charge in [0.15, 0.2) is 0 Å². The minimum absolute atomic E-state index is 0.148. The Morgan fingerprint density at radius 2 is 2.10 bits per heavy atom. The lowest BCUT2D eigenvalue weighted by atomic mass is 10.2. The molecule has 1 heterocycles. The number of hydrogen-bond donors (Lipinski definition) is 1. The Hall–Kier alpha value is -2.01. The van der Waals surface area contributed by atoms with E-state index in [0.717, 1.165) is 24.6 Å². The van der Waals surface area contributed by atoms with Crippen LogP contribution in [-0.2, 0) is 0 Å². The van der Waals surface area contributed by atoms with Gasteiger partial charge in [-0.3, -0.25) is 4.79 Å². The molecular weight excluding hydrogens is 281 g/mol.